The van der Waals surface area contributed by atoms with E-state index < -0.39 is 16.8 Å². The first-order valence-electron chi connectivity index (χ1n) is 8.31. The second-order valence-electron chi connectivity index (χ2n) is 6.23. The van der Waals surface area contributed by atoms with E-state index in [2.05, 4.69) is 10.1 Å². The van der Waals surface area contributed by atoms with E-state index in [4.69, 9.17) is 11.6 Å². The molecular formula is C19H20ClN3O5. The molecule has 2 aromatic rings. The molecule has 1 N–H and O–H groups in total. The largest absolute Gasteiger partial charge is 0.465 e. The Bertz CT molecular complexity index is 901. The standard InChI is InChI=1S/C19H20ClN3O5/c1-22(2)17(15-6-4-5-7-16(15)20)11-21-18(24)12-8-13(19(25)28-3)10-14(9-12)23(26)27/h4-10,17H,11H2,1-3H3,(H,21,24). The van der Waals surface area contributed by atoms with Crippen LogP contribution in [0.15, 0.2) is 42.5 Å². The molecular weight excluding hydrogens is 386 g/mol. The summed E-state index contributed by atoms with van der Waals surface area (Å²) >= 11 is 6.26. The minimum atomic E-state index is -0.764. The molecule has 0 saturated carbocycles. The summed E-state index contributed by atoms with van der Waals surface area (Å²) in [6.07, 6.45) is 0. The van der Waals surface area contributed by atoms with E-state index in [1.165, 1.54) is 6.07 Å². The first-order valence-corrected chi connectivity index (χ1v) is 8.69. The average molecular weight is 406 g/mol. The number of amides is 1. The van der Waals surface area contributed by atoms with Crippen LogP contribution >= 0.6 is 11.6 Å². The first-order chi connectivity index (χ1) is 13.2. The van der Waals surface area contributed by atoms with Crippen molar-refractivity contribution in [1.82, 2.24) is 10.2 Å². The normalized spacial score (nSPS) is 11.8. The van der Waals surface area contributed by atoms with E-state index in [1.807, 2.05) is 37.2 Å². The molecule has 28 heavy (non-hydrogen) atoms. The third kappa shape index (κ3) is 5.05. The molecule has 0 aliphatic carbocycles. The molecule has 2 aromatic carbocycles. The summed E-state index contributed by atoms with van der Waals surface area (Å²) in [7, 11) is 4.86. The first kappa shape index (κ1) is 21.3. The molecule has 0 aromatic heterocycles. The molecule has 0 bridgehead atoms. The number of carbonyl (C=O) groups is 2. The summed E-state index contributed by atoms with van der Waals surface area (Å²) in [6.45, 7) is 0.214. The third-order valence-electron chi connectivity index (χ3n) is 4.16. The Hall–Kier alpha value is -2.97. The fourth-order valence-electron chi connectivity index (χ4n) is 2.69. The Balaban J connectivity index is 2.26. The van der Waals surface area contributed by atoms with Gasteiger partial charge in [-0.05, 0) is 31.8 Å². The van der Waals surface area contributed by atoms with E-state index in [0.717, 1.165) is 24.8 Å². The number of nitro groups is 1. The van der Waals surface area contributed by atoms with Crippen LogP contribution in [-0.4, -0.2) is 49.4 Å². The molecule has 0 radical (unpaired) electrons. The minimum absolute atomic E-state index is 0.00809. The van der Waals surface area contributed by atoms with Crippen molar-refractivity contribution in [3.05, 3.63) is 74.3 Å². The Morgan fingerprint density at radius 2 is 1.86 bits per heavy atom. The number of esters is 1. The van der Waals surface area contributed by atoms with Crippen LogP contribution in [0.3, 0.4) is 0 Å². The number of nitro benzene ring substituents is 1. The third-order valence-corrected chi connectivity index (χ3v) is 4.50. The van der Waals surface area contributed by atoms with Gasteiger partial charge in [-0.3, -0.25) is 14.9 Å². The number of benzene rings is 2. The van der Waals surface area contributed by atoms with Gasteiger partial charge in [0, 0.05) is 29.3 Å². The Morgan fingerprint density at radius 3 is 2.43 bits per heavy atom. The highest BCUT2D eigenvalue weighted by atomic mass is 35.5. The number of methoxy groups -OCH3 is 1. The number of ether oxygens (including phenoxy) is 1. The van der Waals surface area contributed by atoms with Crippen molar-refractivity contribution in [3.8, 4) is 0 Å². The number of nitrogens with one attached hydrogen (secondary N) is 1. The molecule has 9 heteroatoms. The van der Waals surface area contributed by atoms with Crippen LogP contribution in [0.25, 0.3) is 0 Å². The van der Waals surface area contributed by atoms with Crippen LogP contribution in [0.1, 0.15) is 32.3 Å². The summed E-state index contributed by atoms with van der Waals surface area (Å²) in [6, 6.07) is 10.5. The molecule has 1 atom stereocenters. The zero-order valence-electron chi connectivity index (χ0n) is 15.6. The molecule has 0 saturated heterocycles. The Kier molecular flexibility index (Phi) is 7.08. The van der Waals surface area contributed by atoms with Gasteiger partial charge >= 0.3 is 5.97 Å². The van der Waals surface area contributed by atoms with Crippen LogP contribution in [0.2, 0.25) is 5.02 Å². The summed E-state index contributed by atoms with van der Waals surface area (Å²) < 4.78 is 4.59. The molecule has 0 heterocycles. The number of rotatable bonds is 7. The van der Waals surface area contributed by atoms with E-state index in [0.29, 0.717) is 5.02 Å². The van der Waals surface area contributed by atoms with Gasteiger partial charge < -0.3 is 15.0 Å². The predicted octanol–water partition coefficient (Wildman–Crippen LogP) is 3.07. The molecule has 0 spiro atoms. The molecule has 0 aliphatic heterocycles. The molecule has 0 fully saturated rings. The van der Waals surface area contributed by atoms with Gasteiger partial charge in [-0.1, -0.05) is 29.8 Å². The lowest BCUT2D eigenvalue weighted by Crippen LogP contribution is -2.34. The topological polar surface area (TPSA) is 102 Å². The lowest BCUT2D eigenvalue weighted by atomic mass is 10.1. The number of halogens is 1. The van der Waals surface area contributed by atoms with Crippen molar-refractivity contribution in [3.63, 3.8) is 0 Å². The van der Waals surface area contributed by atoms with Crippen molar-refractivity contribution < 1.29 is 19.2 Å². The van der Waals surface area contributed by atoms with Crippen molar-refractivity contribution >= 4 is 29.2 Å². The summed E-state index contributed by atoms with van der Waals surface area (Å²) in [5, 5.41) is 14.4. The van der Waals surface area contributed by atoms with Crippen molar-refractivity contribution in [2.24, 2.45) is 0 Å². The maximum absolute atomic E-state index is 12.6. The lowest BCUT2D eigenvalue weighted by molar-refractivity contribution is -0.384. The van der Waals surface area contributed by atoms with Gasteiger partial charge in [-0.25, -0.2) is 4.79 Å². The average Bonchev–Trinajstić information content (AvgIpc) is 2.67. The number of hydrogen-bond acceptors (Lipinski definition) is 6. The van der Waals surface area contributed by atoms with Crippen molar-refractivity contribution in [1.29, 1.82) is 0 Å². The minimum Gasteiger partial charge on any atom is -0.465 e. The second kappa shape index (κ2) is 9.29. The van der Waals surface area contributed by atoms with Crippen LogP contribution in [0.5, 0.6) is 0 Å². The number of carbonyl (C=O) groups excluding carboxylic acids is 2. The van der Waals surface area contributed by atoms with Gasteiger partial charge in [0.15, 0.2) is 0 Å². The maximum atomic E-state index is 12.6. The molecule has 2 rings (SSSR count). The van der Waals surface area contributed by atoms with E-state index in [-0.39, 0.29) is 29.4 Å². The zero-order chi connectivity index (χ0) is 20.8. The predicted molar refractivity (Wildman–Crippen MR) is 105 cm³/mol. The van der Waals surface area contributed by atoms with Gasteiger partial charge in [0.05, 0.1) is 23.6 Å². The van der Waals surface area contributed by atoms with Gasteiger partial charge in [0.2, 0.25) is 0 Å². The SMILES string of the molecule is COC(=O)c1cc(C(=O)NCC(c2ccccc2Cl)N(C)C)cc([N+](=O)[O-])c1. The summed E-state index contributed by atoms with van der Waals surface area (Å²) in [5.74, 6) is -1.31. The van der Waals surface area contributed by atoms with Gasteiger partial charge in [0.1, 0.15) is 0 Å². The van der Waals surface area contributed by atoms with Gasteiger partial charge in [-0.2, -0.15) is 0 Å². The fraction of sp³-hybridized carbons (Fsp3) is 0.263. The highest BCUT2D eigenvalue weighted by Crippen LogP contribution is 2.25. The summed E-state index contributed by atoms with van der Waals surface area (Å²) in [4.78, 5) is 36.7. The Labute approximate surface area is 167 Å². The van der Waals surface area contributed by atoms with E-state index in [1.54, 1.807) is 6.07 Å². The summed E-state index contributed by atoms with van der Waals surface area (Å²) in [5.41, 5.74) is 0.385. The fourth-order valence-corrected chi connectivity index (χ4v) is 2.95. The van der Waals surface area contributed by atoms with Gasteiger partial charge in [-0.15, -0.1) is 0 Å². The highest BCUT2D eigenvalue weighted by Gasteiger charge is 2.21. The quantitative estimate of drug-likeness (QED) is 0.431. The van der Waals surface area contributed by atoms with Gasteiger partial charge in [0.25, 0.3) is 11.6 Å². The van der Waals surface area contributed by atoms with Crippen LogP contribution < -0.4 is 5.32 Å². The maximum Gasteiger partial charge on any atom is 0.338 e. The van der Waals surface area contributed by atoms with Crippen LogP contribution in [0, 0.1) is 10.1 Å². The highest BCUT2D eigenvalue weighted by molar-refractivity contribution is 6.31. The molecule has 0 aliphatic rings. The molecule has 8 nitrogen and oxygen atoms in total. The number of likely N-dealkylation sites (N-methyl/N-ethyl adjacent to an activating group) is 1. The smallest absolute Gasteiger partial charge is 0.338 e. The van der Waals surface area contributed by atoms with Crippen molar-refractivity contribution in [2.75, 3.05) is 27.7 Å². The number of hydrogen-bond donors (Lipinski definition) is 1. The molecule has 1 amide bonds. The zero-order valence-corrected chi connectivity index (χ0v) is 16.4. The second-order valence-corrected chi connectivity index (χ2v) is 6.64. The van der Waals surface area contributed by atoms with Crippen LogP contribution in [0.4, 0.5) is 5.69 Å². The van der Waals surface area contributed by atoms with Crippen molar-refractivity contribution in [2.45, 2.75) is 6.04 Å². The Morgan fingerprint density at radius 1 is 1.21 bits per heavy atom. The molecule has 1 unspecified atom stereocenters. The van der Waals surface area contributed by atoms with E-state index in [9.17, 15) is 19.7 Å². The van der Waals surface area contributed by atoms with E-state index >= 15 is 0 Å². The molecule has 148 valence electrons. The lowest BCUT2D eigenvalue weighted by Gasteiger charge is -2.26. The monoisotopic (exact) mass is 405 g/mol. The number of nitrogens with zero attached hydrogens (tertiary/aromatic N) is 2. The number of non-ortho nitro benzene ring substituents is 1. The van der Waals surface area contributed by atoms with Crippen LogP contribution in [-0.2, 0) is 4.74 Å².